The summed E-state index contributed by atoms with van der Waals surface area (Å²) in [6.45, 7) is 12.7. The van der Waals surface area contributed by atoms with Crippen molar-refractivity contribution in [2.45, 2.75) is 59.2 Å². The van der Waals surface area contributed by atoms with E-state index in [4.69, 9.17) is 9.72 Å². The first kappa shape index (κ1) is 27.2. The summed E-state index contributed by atoms with van der Waals surface area (Å²) in [7, 11) is 0. The number of ether oxygens (including phenoxy) is 1. The molecule has 4 aromatic rings. The zero-order valence-corrected chi connectivity index (χ0v) is 23.7. The molecule has 0 unspecified atom stereocenters. The molecule has 40 heavy (non-hydrogen) atoms. The fraction of sp³-hybridized carbons (Fsp3) is 0.400. The number of imidazole rings is 1. The highest BCUT2D eigenvalue weighted by Gasteiger charge is 2.31. The number of hydrogen-bond donors (Lipinski definition) is 1. The second-order valence-electron chi connectivity index (χ2n) is 11.3. The van der Waals surface area contributed by atoms with Crippen molar-refractivity contribution >= 4 is 34.3 Å². The Morgan fingerprint density at radius 2 is 2.05 bits per heavy atom. The van der Waals surface area contributed by atoms with Crippen molar-refractivity contribution in [1.82, 2.24) is 19.3 Å². The lowest BCUT2D eigenvalue weighted by Gasteiger charge is -2.41. The Bertz CT molecular complexity index is 1640. The van der Waals surface area contributed by atoms with Crippen molar-refractivity contribution in [1.29, 1.82) is 5.26 Å². The number of rotatable bonds is 4. The summed E-state index contributed by atoms with van der Waals surface area (Å²) >= 11 is 0. The summed E-state index contributed by atoms with van der Waals surface area (Å²) in [6.07, 6.45) is 3.04. The Morgan fingerprint density at radius 3 is 2.75 bits per heavy atom. The monoisotopic (exact) mass is 543 g/mol. The first-order chi connectivity index (χ1) is 19.0. The van der Waals surface area contributed by atoms with Gasteiger partial charge in [-0.2, -0.15) is 10.2 Å². The van der Waals surface area contributed by atoms with Gasteiger partial charge in [0.1, 0.15) is 17.2 Å². The number of carbonyl (C=O) groups excluding carboxylic acids is 1. The minimum Gasteiger partial charge on any atom is -0.444 e. The zero-order valence-electron chi connectivity index (χ0n) is 23.7. The van der Waals surface area contributed by atoms with E-state index in [1.165, 1.54) is 6.07 Å². The number of nitrogens with one attached hydrogen (secondary N) is 1. The van der Waals surface area contributed by atoms with Crippen LogP contribution in [0.1, 0.15) is 57.4 Å². The smallest absolute Gasteiger partial charge is 0.410 e. The van der Waals surface area contributed by atoms with Gasteiger partial charge in [-0.25, -0.2) is 14.2 Å². The molecular formula is C30H34FN7O2. The molecule has 1 aliphatic rings. The molecule has 10 heteroatoms. The van der Waals surface area contributed by atoms with Crippen LogP contribution in [-0.2, 0) is 4.74 Å². The summed E-state index contributed by atoms with van der Waals surface area (Å²) in [6, 6.07) is 10.9. The lowest BCUT2D eigenvalue weighted by Crippen LogP contribution is -2.54. The van der Waals surface area contributed by atoms with Crippen molar-refractivity contribution in [2.75, 3.05) is 29.9 Å². The third-order valence-corrected chi connectivity index (χ3v) is 7.32. The SMILES string of the molecule is Cc1c(C#N)cccc1[C@@H](C)Nc1nc2nccn2c2cc(F)c(N3CCN(C(=O)OC(C)(C)C)C[C@@H]3C)cc12. The van der Waals surface area contributed by atoms with Crippen LogP contribution < -0.4 is 10.2 Å². The molecule has 2 aromatic heterocycles. The number of amides is 1. The van der Waals surface area contributed by atoms with Crippen LogP contribution in [0.3, 0.4) is 0 Å². The molecule has 208 valence electrons. The minimum atomic E-state index is -0.581. The second kappa shape index (κ2) is 10.3. The van der Waals surface area contributed by atoms with E-state index in [1.54, 1.807) is 27.8 Å². The number of benzene rings is 2. The van der Waals surface area contributed by atoms with Gasteiger partial charge in [-0.1, -0.05) is 12.1 Å². The molecule has 1 aliphatic heterocycles. The van der Waals surface area contributed by atoms with Crippen molar-refractivity contribution < 1.29 is 13.9 Å². The molecular weight excluding hydrogens is 509 g/mol. The Labute approximate surface area is 233 Å². The molecule has 1 N–H and O–H groups in total. The Kier molecular flexibility index (Phi) is 7.00. The lowest BCUT2D eigenvalue weighted by atomic mass is 9.98. The van der Waals surface area contributed by atoms with E-state index < -0.39 is 5.60 Å². The maximum atomic E-state index is 15.7. The minimum absolute atomic E-state index is 0.134. The molecule has 5 rings (SSSR count). The molecule has 0 spiro atoms. The summed E-state index contributed by atoms with van der Waals surface area (Å²) in [5.41, 5.74) is 3.01. The molecule has 0 saturated carbocycles. The Balaban J connectivity index is 1.51. The number of anilines is 2. The molecule has 9 nitrogen and oxygen atoms in total. The molecule has 1 fully saturated rings. The summed E-state index contributed by atoms with van der Waals surface area (Å²) in [5.74, 6) is 0.670. The van der Waals surface area contributed by atoms with Crippen LogP contribution in [0.2, 0.25) is 0 Å². The number of aromatic nitrogens is 3. The van der Waals surface area contributed by atoms with E-state index >= 15 is 4.39 Å². The molecule has 2 atom stereocenters. The largest absolute Gasteiger partial charge is 0.444 e. The van der Waals surface area contributed by atoms with Gasteiger partial charge >= 0.3 is 6.09 Å². The van der Waals surface area contributed by atoms with Gasteiger partial charge in [0.05, 0.1) is 28.9 Å². The first-order valence-electron chi connectivity index (χ1n) is 13.4. The zero-order chi connectivity index (χ0) is 28.8. The van der Waals surface area contributed by atoms with Crippen molar-refractivity contribution in [3.8, 4) is 6.07 Å². The van der Waals surface area contributed by atoms with E-state index in [0.717, 1.165) is 16.5 Å². The van der Waals surface area contributed by atoms with Crippen LogP contribution in [0.5, 0.6) is 0 Å². The highest BCUT2D eigenvalue weighted by molar-refractivity contribution is 5.94. The number of hydrogen-bond acceptors (Lipinski definition) is 7. The number of nitrogens with zero attached hydrogens (tertiary/aromatic N) is 6. The molecule has 0 bridgehead atoms. The number of halogens is 1. The van der Waals surface area contributed by atoms with E-state index in [9.17, 15) is 10.1 Å². The summed E-state index contributed by atoms with van der Waals surface area (Å²) in [5, 5.41) is 13.7. The summed E-state index contributed by atoms with van der Waals surface area (Å²) in [4.78, 5) is 25.4. The van der Waals surface area contributed by atoms with Crippen LogP contribution >= 0.6 is 0 Å². The van der Waals surface area contributed by atoms with E-state index in [2.05, 4.69) is 16.4 Å². The third-order valence-electron chi connectivity index (χ3n) is 7.32. The highest BCUT2D eigenvalue weighted by atomic mass is 19.1. The van der Waals surface area contributed by atoms with Gasteiger partial charge in [0.2, 0.25) is 5.78 Å². The fourth-order valence-electron chi connectivity index (χ4n) is 5.33. The lowest BCUT2D eigenvalue weighted by molar-refractivity contribution is 0.0218. The van der Waals surface area contributed by atoms with E-state index in [0.29, 0.717) is 48.0 Å². The topological polar surface area (TPSA) is 98.8 Å². The van der Waals surface area contributed by atoms with Gasteiger partial charge in [-0.3, -0.25) is 4.40 Å². The molecule has 1 amide bonds. The van der Waals surface area contributed by atoms with Crippen molar-refractivity contribution in [3.05, 3.63) is 65.2 Å². The average molecular weight is 544 g/mol. The fourth-order valence-corrected chi connectivity index (χ4v) is 5.33. The van der Waals surface area contributed by atoms with Gasteiger partial charge in [0.15, 0.2) is 0 Å². The average Bonchev–Trinajstić information content (AvgIpc) is 3.36. The summed E-state index contributed by atoms with van der Waals surface area (Å²) < 4.78 is 23.0. The molecule has 1 saturated heterocycles. The predicted octanol–water partition coefficient (Wildman–Crippen LogP) is 5.82. The molecule has 0 aliphatic carbocycles. The van der Waals surface area contributed by atoms with Crippen LogP contribution in [-0.4, -0.2) is 56.6 Å². The Morgan fingerprint density at radius 1 is 1.27 bits per heavy atom. The quantitative estimate of drug-likeness (QED) is 0.346. The van der Waals surface area contributed by atoms with Crippen LogP contribution in [0.25, 0.3) is 16.7 Å². The standard InChI is InChI=1S/C30H34FN7O2/c1-18-17-36(29(39)40-30(4,5)6)12-13-37(18)26-14-23-25(15-24(26)31)38-11-10-33-28(38)35-27(23)34-20(3)22-9-7-8-21(16-32)19(22)2/h7-11,14-15,18,20H,12-13,17H2,1-6H3,(H,33,34,35)/t18-,20+/m0/s1. The molecule has 0 radical (unpaired) electrons. The number of nitriles is 1. The van der Waals surface area contributed by atoms with Crippen LogP contribution in [0.15, 0.2) is 42.7 Å². The highest BCUT2D eigenvalue weighted by Crippen LogP contribution is 2.34. The number of piperazine rings is 1. The maximum absolute atomic E-state index is 15.7. The van der Waals surface area contributed by atoms with Gasteiger partial charge < -0.3 is 19.9 Å². The van der Waals surface area contributed by atoms with Crippen molar-refractivity contribution in [3.63, 3.8) is 0 Å². The maximum Gasteiger partial charge on any atom is 0.410 e. The predicted molar refractivity (Wildman–Crippen MR) is 153 cm³/mol. The van der Waals surface area contributed by atoms with Crippen molar-refractivity contribution in [2.24, 2.45) is 0 Å². The van der Waals surface area contributed by atoms with Crippen LogP contribution in [0.4, 0.5) is 20.7 Å². The van der Waals surface area contributed by atoms with Crippen LogP contribution in [0, 0.1) is 24.1 Å². The number of carbonyl (C=O) groups is 1. The van der Waals surface area contributed by atoms with E-state index in [-0.39, 0.29) is 24.0 Å². The van der Waals surface area contributed by atoms with E-state index in [1.807, 2.05) is 64.6 Å². The Hall–Kier alpha value is -4.39. The van der Waals surface area contributed by atoms with Gasteiger partial charge in [0, 0.05) is 49.5 Å². The third kappa shape index (κ3) is 5.11. The van der Waals surface area contributed by atoms with Gasteiger partial charge in [-0.05, 0) is 64.8 Å². The van der Waals surface area contributed by atoms with Gasteiger partial charge in [-0.15, -0.1) is 0 Å². The first-order valence-corrected chi connectivity index (χ1v) is 13.4. The van der Waals surface area contributed by atoms with Gasteiger partial charge in [0.25, 0.3) is 0 Å². The second-order valence-corrected chi connectivity index (χ2v) is 11.3. The normalized spacial score (nSPS) is 16.7. The molecule has 2 aromatic carbocycles. The number of fused-ring (bicyclic) bond motifs is 3. The molecule has 3 heterocycles.